The van der Waals surface area contributed by atoms with Crippen LogP contribution in [0.5, 0.6) is 0 Å². The normalized spacial score (nSPS) is 21.2. The van der Waals surface area contributed by atoms with Crippen molar-refractivity contribution in [3.63, 3.8) is 0 Å². The minimum absolute atomic E-state index is 0.0825. The second-order valence-electron chi connectivity index (χ2n) is 5.74. The number of carbonyl (C=O) groups is 2. The van der Waals surface area contributed by atoms with Gasteiger partial charge in [0.1, 0.15) is 11.4 Å². The van der Waals surface area contributed by atoms with E-state index in [1.807, 2.05) is 33.8 Å². The summed E-state index contributed by atoms with van der Waals surface area (Å²) in [5.74, 6) is 0.0710. The number of methoxy groups -OCH3 is 1. The van der Waals surface area contributed by atoms with Crippen molar-refractivity contribution in [2.24, 2.45) is 10.9 Å². The third-order valence-electron chi connectivity index (χ3n) is 4.07. The van der Waals surface area contributed by atoms with Gasteiger partial charge >= 0.3 is 5.97 Å². The summed E-state index contributed by atoms with van der Waals surface area (Å²) in [5, 5.41) is 2.83. The molecule has 112 valence electrons. The van der Waals surface area contributed by atoms with Crippen molar-refractivity contribution in [1.82, 2.24) is 5.32 Å². The molecule has 1 heterocycles. The lowest BCUT2D eigenvalue weighted by atomic mass is 9.89. The molecule has 5 nitrogen and oxygen atoms in total. The van der Waals surface area contributed by atoms with Gasteiger partial charge in [0.15, 0.2) is 0 Å². The Kier molecular flexibility index (Phi) is 3.85. The van der Waals surface area contributed by atoms with Crippen LogP contribution in [0.2, 0.25) is 0 Å². The molecule has 0 saturated heterocycles. The molecule has 21 heavy (non-hydrogen) atoms. The van der Waals surface area contributed by atoms with Crippen LogP contribution in [-0.2, 0) is 9.53 Å². The first-order valence-corrected chi connectivity index (χ1v) is 6.90. The zero-order valence-corrected chi connectivity index (χ0v) is 13.0. The van der Waals surface area contributed by atoms with Crippen LogP contribution in [0, 0.1) is 12.8 Å². The van der Waals surface area contributed by atoms with Gasteiger partial charge in [-0.15, -0.1) is 0 Å². The van der Waals surface area contributed by atoms with Gasteiger partial charge in [-0.1, -0.05) is 19.9 Å². The number of aryl methyl sites for hydroxylation is 1. The summed E-state index contributed by atoms with van der Waals surface area (Å²) in [6, 6.07) is 5.22. The van der Waals surface area contributed by atoms with Crippen molar-refractivity contribution < 1.29 is 14.3 Å². The number of esters is 1. The molecule has 0 aromatic heterocycles. The average Bonchev–Trinajstić information content (AvgIpc) is 2.75. The first-order valence-electron chi connectivity index (χ1n) is 6.90. The SMILES string of the molecule is COC(=O)c1ccc(C)c(C2=NC(C)(C(C)C)C(=O)N2)c1. The number of aliphatic imine (C=N–C) groups is 1. The van der Waals surface area contributed by atoms with Crippen molar-refractivity contribution in [2.75, 3.05) is 7.11 Å². The van der Waals surface area contributed by atoms with E-state index in [0.29, 0.717) is 11.4 Å². The lowest BCUT2D eigenvalue weighted by Crippen LogP contribution is -2.41. The molecule has 1 N–H and O–H groups in total. The molecule has 5 heteroatoms. The van der Waals surface area contributed by atoms with Gasteiger partial charge in [0, 0.05) is 5.56 Å². The van der Waals surface area contributed by atoms with E-state index < -0.39 is 11.5 Å². The van der Waals surface area contributed by atoms with Crippen molar-refractivity contribution in [2.45, 2.75) is 33.2 Å². The monoisotopic (exact) mass is 288 g/mol. The number of nitrogens with one attached hydrogen (secondary N) is 1. The topological polar surface area (TPSA) is 67.8 Å². The molecule has 1 aromatic rings. The molecule has 1 amide bonds. The second kappa shape index (κ2) is 5.31. The highest BCUT2D eigenvalue weighted by Crippen LogP contribution is 2.27. The van der Waals surface area contributed by atoms with Gasteiger partial charge in [-0.25, -0.2) is 4.79 Å². The highest BCUT2D eigenvalue weighted by molar-refractivity contribution is 6.16. The fourth-order valence-corrected chi connectivity index (χ4v) is 2.19. The first kappa shape index (κ1) is 15.2. The molecule has 1 aliphatic rings. The molecule has 0 saturated carbocycles. The van der Waals surface area contributed by atoms with Crippen molar-refractivity contribution in [3.05, 3.63) is 34.9 Å². The van der Waals surface area contributed by atoms with E-state index in [4.69, 9.17) is 4.74 Å². The van der Waals surface area contributed by atoms with Gasteiger partial charge in [-0.3, -0.25) is 9.79 Å². The Balaban J connectivity index is 2.48. The maximum Gasteiger partial charge on any atom is 0.337 e. The molecule has 0 radical (unpaired) electrons. The molecule has 1 aromatic carbocycles. The van der Waals surface area contributed by atoms with E-state index in [1.54, 1.807) is 12.1 Å². The van der Waals surface area contributed by atoms with Gasteiger partial charge in [-0.2, -0.15) is 0 Å². The number of amidine groups is 1. The molecule has 1 atom stereocenters. The van der Waals surface area contributed by atoms with Crippen molar-refractivity contribution in [1.29, 1.82) is 0 Å². The summed E-state index contributed by atoms with van der Waals surface area (Å²) in [6.07, 6.45) is 0. The number of carbonyl (C=O) groups excluding carboxylic acids is 2. The van der Waals surface area contributed by atoms with E-state index in [-0.39, 0.29) is 11.8 Å². The Morgan fingerprint density at radius 3 is 2.57 bits per heavy atom. The number of hydrogen-bond donors (Lipinski definition) is 1. The van der Waals surface area contributed by atoms with Crippen molar-refractivity contribution in [3.8, 4) is 0 Å². The number of ether oxygens (including phenoxy) is 1. The number of amides is 1. The summed E-state index contributed by atoms with van der Waals surface area (Å²) in [5.41, 5.74) is 1.35. The fourth-order valence-electron chi connectivity index (χ4n) is 2.19. The van der Waals surface area contributed by atoms with Gasteiger partial charge in [0.05, 0.1) is 12.7 Å². The molecule has 1 aliphatic heterocycles. The Morgan fingerprint density at radius 2 is 2.05 bits per heavy atom. The van der Waals surface area contributed by atoms with Crippen LogP contribution in [0.15, 0.2) is 23.2 Å². The Hall–Kier alpha value is -2.17. The zero-order valence-electron chi connectivity index (χ0n) is 13.0. The summed E-state index contributed by atoms with van der Waals surface area (Å²) in [4.78, 5) is 28.4. The van der Waals surface area contributed by atoms with E-state index in [1.165, 1.54) is 7.11 Å². The quantitative estimate of drug-likeness (QED) is 0.866. The zero-order chi connectivity index (χ0) is 15.8. The van der Waals surface area contributed by atoms with E-state index in [2.05, 4.69) is 10.3 Å². The van der Waals surface area contributed by atoms with Crippen LogP contribution in [0.25, 0.3) is 0 Å². The Morgan fingerprint density at radius 1 is 1.38 bits per heavy atom. The van der Waals surface area contributed by atoms with Crippen LogP contribution in [0.3, 0.4) is 0 Å². The summed E-state index contributed by atoms with van der Waals surface area (Å²) in [7, 11) is 1.34. The van der Waals surface area contributed by atoms with E-state index in [9.17, 15) is 9.59 Å². The number of nitrogens with zero attached hydrogens (tertiary/aromatic N) is 1. The van der Waals surface area contributed by atoms with Crippen LogP contribution in [-0.4, -0.2) is 30.4 Å². The van der Waals surface area contributed by atoms with Crippen LogP contribution in [0.1, 0.15) is 42.3 Å². The summed E-state index contributed by atoms with van der Waals surface area (Å²) < 4.78 is 4.73. The van der Waals surface area contributed by atoms with Crippen molar-refractivity contribution >= 4 is 17.7 Å². The van der Waals surface area contributed by atoms with Gasteiger partial charge in [-0.05, 0) is 37.5 Å². The molecule has 0 spiro atoms. The maximum absolute atomic E-state index is 12.2. The molecule has 0 fully saturated rings. The minimum Gasteiger partial charge on any atom is -0.465 e. The Labute approximate surface area is 124 Å². The highest BCUT2D eigenvalue weighted by atomic mass is 16.5. The Bertz CT molecular complexity index is 634. The molecule has 0 aliphatic carbocycles. The number of rotatable bonds is 3. The third-order valence-corrected chi connectivity index (χ3v) is 4.07. The fraction of sp³-hybridized carbons (Fsp3) is 0.438. The minimum atomic E-state index is -0.775. The van der Waals surface area contributed by atoms with Gasteiger partial charge in [0.2, 0.25) is 0 Å². The molecular formula is C16H20N2O3. The predicted molar refractivity (Wildman–Crippen MR) is 80.4 cm³/mol. The number of benzene rings is 1. The first-order chi connectivity index (χ1) is 9.79. The summed E-state index contributed by atoms with van der Waals surface area (Å²) in [6.45, 7) is 7.66. The molecule has 2 rings (SSSR count). The van der Waals surface area contributed by atoms with Crippen LogP contribution >= 0.6 is 0 Å². The van der Waals surface area contributed by atoms with Crippen LogP contribution < -0.4 is 5.32 Å². The van der Waals surface area contributed by atoms with E-state index in [0.717, 1.165) is 11.1 Å². The van der Waals surface area contributed by atoms with Gasteiger partial charge < -0.3 is 10.1 Å². The number of hydrogen-bond acceptors (Lipinski definition) is 4. The standard InChI is InChI=1S/C16H20N2O3/c1-9(2)16(4)15(20)17-13(18-16)12-8-11(14(19)21-5)7-6-10(12)3/h6-9H,1-5H3,(H,17,18,20). The lowest BCUT2D eigenvalue weighted by molar-refractivity contribution is -0.124. The van der Waals surface area contributed by atoms with Gasteiger partial charge in [0.25, 0.3) is 5.91 Å². The highest BCUT2D eigenvalue weighted by Gasteiger charge is 2.42. The lowest BCUT2D eigenvalue weighted by Gasteiger charge is -2.21. The van der Waals surface area contributed by atoms with Crippen LogP contribution in [0.4, 0.5) is 0 Å². The molecule has 1 unspecified atom stereocenters. The molecule has 0 bridgehead atoms. The maximum atomic E-state index is 12.2. The predicted octanol–water partition coefficient (Wildman–Crippen LogP) is 2.07. The third kappa shape index (κ3) is 2.55. The van der Waals surface area contributed by atoms with E-state index >= 15 is 0 Å². The average molecular weight is 288 g/mol. The second-order valence-corrected chi connectivity index (χ2v) is 5.74. The largest absolute Gasteiger partial charge is 0.465 e. The summed E-state index contributed by atoms with van der Waals surface area (Å²) >= 11 is 0. The smallest absolute Gasteiger partial charge is 0.337 e. The molecular weight excluding hydrogens is 268 g/mol.